The Labute approximate surface area is 119 Å². The van der Waals surface area contributed by atoms with E-state index in [1.807, 2.05) is 6.07 Å². The van der Waals surface area contributed by atoms with Gasteiger partial charge in [0.05, 0.1) is 7.11 Å². The molecular formula is C14H23N3O3. The standard InChI is InChI=1S/C14H23N3O3/c1-3-12(6-7-18)16-9-11-8-10(14(15)17-19)4-5-13(11)20-2/h4-5,8,12,16,18-19H,3,6-7,9H2,1-2H3,(H2,15,17). The van der Waals surface area contributed by atoms with Crippen molar-refractivity contribution in [3.8, 4) is 5.75 Å². The number of nitrogens with two attached hydrogens (primary N) is 1. The van der Waals surface area contributed by atoms with Crippen LogP contribution in [0.3, 0.4) is 0 Å². The van der Waals surface area contributed by atoms with Gasteiger partial charge in [-0.15, -0.1) is 0 Å². The molecule has 0 aromatic heterocycles. The number of aliphatic hydroxyl groups excluding tert-OH is 1. The van der Waals surface area contributed by atoms with Gasteiger partial charge in [0, 0.05) is 30.3 Å². The van der Waals surface area contributed by atoms with Gasteiger partial charge in [0.2, 0.25) is 0 Å². The molecule has 0 amide bonds. The van der Waals surface area contributed by atoms with E-state index in [9.17, 15) is 0 Å². The Morgan fingerprint density at radius 1 is 1.50 bits per heavy atom. The molecule has 20 heavy (non-hydrogen) atoms. The molecule has 0 saturated heterocycles. The van der Waals surface area contributed by atoms with Crippen LogP contribution in [-0.2, 0) is 6.54 Å². The fourth-order valence-corrected chi connectivity index (χ4v) is 1.99. The van der Waals surface area contributed by atoms with Gasteiger partial charge >= 0.3 is 0 Å². The van der Waals surface area contributed by atoms with Crippen LogP contribution in [0, 0.1) is 0 Å². The van der Waals surface area contributed by atoms with Gasteiger partial charge in [-0.1, -0.05) is 12.1 Å². The van der Waals surface area contributed by atoms with Crippen molar-refractivity contribution in [3.63, 3.8) is 0 Å². The van der Waals surface area contributed by atoms with E-state index in [1.54, 1.807) is 19.2 Å². The van der Waals surface area contributed by atoms with Crippen molar-refractivity contribution in [1.82, 2.24) is 5.32 Å². The van der Waals surface area contributed by atoms with Gasteiger partial charge in [0.25, 0.3) is 0 Å². The van der Waals surface area contributed by atoms with Crippen molar-refractivity contribution in [2.45, 2.75) is 32.4 Å². The van der Waals surface area contributed by atoms with Crippen molar-refractivity contribution in [1.29, 1.82) is 0 Å². The molecule has 1 unspecified atom stereocenters. The molecule has 0 fully saturated rings. The number of hydrogen-bond donors (Lipinski definition) is 4. The second kappa shape index (κ2) is 8.39. The van der Waals surface area contributed by atoms with Gasteiger partial charge in [0.15, 0.2) is 5.84 Å². The monoisotopic (exact) mass is 281 g/mol. The third kappa shape index (κ3) is 4.40. The highest BCUT2D eigenvalue weighted by molar-refractivity contribution is 5.97. The molecule has 6 nitrogen and oxygen atoms in total. The minimum absolute atomic E-state index is 0.0660. The van der Waals surface area contributed by atoms with Crippen LogP contribution in [-0.4, -0.2) is 35.9 Å². The van der Waals surface area contributed by atoms with E-state index < -0.39 is 0 Å². The summed E-state index contributed by atoms with van der Waals surface area (Å²) in [5, 5.41) is 24.1. The molecule has 1 rings (SSSR count). The average molecular weight is 281 g/mol. The molecule has 6 heteroatoms. The van der Waals surface area contributed by atoms with E-state index >= 15 is 0 Å². The van der Waals surface area contributed by atoms with Crippen LogP contribution in [0.25, 0.3) is 0 Å². The minimum Gasteiger partial charge on any atom is -0.496 e. The summed E-state index contributed by atoms with van der Waals surface area (Å²) in [7, 11) is 1.60. The van der Waals surface area contributed by atoms with Gasteiger partial charge < -0.3 is 26.1 Å². The molecule has 0 heterocycles. The van der Waals surface area contributed by atoms with E-state index in [1.165, 1.54) is 0 Å². The molecule has 1 aromatic rings. The Bertz CT molecular complexity index is 449. The van der Waals surface area contributed by atoms with Gasteiger partial charge in [-0.2, -0.15) is 0 Å². The number of ether oxygens (including phenoxy) is 1. The summed E-state index contributed by atoms with van der Waals surface area (Å²) < 4.78 is 5.31. The van der Waals surface area contributed by atoms with Crippen LogP contribution >= 0.6 is 0 Å². The summed E-state index contributed by atoms with van der Waals surface area (Å²) in [5.74, 6) is 0.808. The Morgan fingerprint density at radius 3 is 2.80 bits per heavy atom. The largest absolute Gasteiger partial charge is 0.496 e. The fraction of sp³-hybridized carbons (Fsp3) is 0.500. The molecule has 0 aliphatic rings. The summed E-state index contributed by atoms with van der Waals surface area (Å²) in [5.41, 5.74) is 7.15. The Morgan fingerprint density at radius 2 is 2.25 bits per heavy atom. The third-order valence-electron chi connectivity index (χ3n) is 3.24. The number of benzene rings is 1. The second-order valence-electron chi connectivity index (χ2n) is 4.51. The van der Waals surface area contributed by atoms with Crippen LogP contribution < -0.4 is 15.8 Å². The summed E-state index contributed by atoms with van der Waals surface area (Å²) in [6, 6.07) is 5.60. The maximum Gasteiger partial charge on any atom is 0.170 e. The molecule has 0 radical (unpaired) electrons. The number of methoxy groups -OCH3 is 1. The van der Waals surface area contributed by atoms with Crippen molar-refractivity contribution in [3.05, 3.63) is 29.3 Å². The van der Waals surface area contributed by atoms with Gasteiger partial charge in [0.1, 0.15) is 5.75 Å². The lowest BCUT2D eigenvalue weighted by molar-refractivity contribution is 0.261. The Hall–Kier alpha value is -1.79. The molecule has 5 N–H and O–H groups in total. The lowest BCUT2D eigenvalue weighted by Gasteiger charge is -2.17. The third-order valence-corrected chi connectivity index (χ3v) is 3.24. The summed E-state index contributed by atoms with van der Waals surface area (Å²) in [4.78, 5) is 0. The van der Waals surface area contributed by atoms with Crippen molar-refractivity contribution < 1.29 is 15.1 Å². The highest BCUT2D eigenvalue weighted by Crippen LogP contribution is 2.20. The first-order chi connectivity index (χ1) is 9.65. The zero-order valence-electron chi connectivity index (χ0n) is 12.0. The van der Waals surface area contributed by atoms with Gasteiger partial charge in [-0.3, -0.25) is 0 Å². The zero-order chi connectivity index (χ0) is 15.0. The smallest absolute Gasteiger partial charge is 0.170 e. The Balaban J connectivity index is 2.85. The van der Waals surface area contributed by atoms with Crippen LogP contribution in [0.2, 0.25) is 0 Å². The van der Waals surface area contributed by atoms with E-state index in [0.717, 1.165) is 17.7 Å². The summed E-state index contributed by atoms with van der Waals surface area (Å²) in [6.45, 7) is 2.82. The normalized spacial score (nSPS) is 13.2. The van der Waals surface area contributed by atoms with E-state index in [2.05, 4.69) is 17.4 Å². The highest BCUT2D eigenvalue weighted by atomic mass is 16.5. The number of hydrogen-bond acceptors (Lipinski definition) is 5. The first kappa shape index (κ1) is 16.3. The lowest BCUT2D eigenvalue weighted by atomic mass is 10.1. The molecule has 0 aliphatic carbocycles. The number of aliphatic hydroxyl groups is 1. The van der Waals surface area contributed by atoms with E-state index in [0.29, 0.717) is 18.5 Å². The topological polar surface area (TPSA) is 100 Å². The highest BCUT2D eigenvalue weighted by Gasteiger charge is 2.10. The minimum atomic E-state index is 0.0660. The van der Waals surface area contributed by atoms with Crippen LogP contribution in [0.5, 0.6) is 5.75 Å². The predicted molar refractivity (Wildman–Crippen MR) is 78.1 cm³/mol. The predicted octanol–water partition coefficient (Wildman–Crippen LogP) is 1.04. The fourth-order valence-electron chi connectivity index (χ4n) is 1.99. The lowest BCUT2D eigenvalue weighted by Crippen LogP contribution is -2.29. The second-order valence-corrected chi connectivity index (χ2v) is 4.51. The average Bonchev–Trinajstić information content (AvgIpc) is 2.50. The van der Waals surface area contributed by atoms with Crippen molar-refractivity contribution >= 4 is 5.84 Å². The zero-order valence-corrected chi connectivity index (χ0v) is 12.0. The Kier molecular flexibility index (Phi) is 6.83. The number of nitrogens with zero attached hydrogens (tertiary/aromatic N) is 1. The molecule has 0 spiro atoms. The molecule has 1 atom stereocenters. The van der Waals surface area contributed by atoms with Gasteiger partial charge in [-0.25, -0.2) is 0 Å². The van der Waals surface area contributed by atoms with E-state index in [4.69, 9.17) is 20.8 Å². The maximum absolute atomic E-state index is 8.99. The van der Waals surface area contributed by atoms with Crippen LogP contribution in [0.4, 0.5) is 0 Å². The molecule has 0 bridgehead atoms. The van der Waals surface area contributed by atoms with Crippen LogP contribution in [0.15, 0.2) is 23.4 Å². The SMILES string of the molecule is CCC(CCO)NCc1cc(/C(N)=N/O)ccc1OC. The quantitative estimate of drug-likeness (QED) is 0.247. The molecule has 1 aromatic carbocycles. The van der Waals surface area contributed by atoms with Crippen molar-refractivity contribution in [2.24, 2.45) is 10.9 Å². The maximum atomic E-state index is 8.99. The number of amidine groups is 1. The van der Waals surface area contributed by atoms with Crippen molar-refractivity contribution in [2.75, 3.05) is 13.7 Å². The summed E-state index contributed by atoms with van der Waals surface area (Å²) in [6.07, 6.45) is 1.64. The summed E-state index contributed by atoms with van der Waals surface area (Å²) >= 11 is 0. The number of nitrogens with one attached hydrogen (secondary N) is 1. The molecule has 112 valence electrons. The first-order valence-corrected chi connectivity index (χ1v) is 6.65. The molecular weight excluding hydrogens is 258 g/mol. The van der Waals surface area contributed by atoms with Gasteiger partial charge in [-0.05, 0) is 31.0 Å². The van der Waals surface area contributed by atoms with E-state index in [-0.39, 0.29) is 18.5 Å². The molecule has 0 aliphatic heterocycles. The first-order valence-electron chi connectivity index (χ1n) is 6.65. The number of rotatable bonds is 8. The van der Waals surface area contributed by atoms with Crippen LogP contribution in [0.1, 0.15) is 30.9 Å². The molecule has 0 saturated carbocycles. The number of oxime groups is 1.